The molecule has 114 valence electrons. The van der Waals surface area contributed by atoms with Gasteiger partial charge in [0.1, 0.15) is 17.4 Å². The van der Waals surface area contributed by atoms with Gasteiger partial charge in [0.15, 0.2) is 5.82 Å². The molecule has 0 radical (unpaired) electrons. The normalized spacial score (nSPS) is 14.2. The molecule has 2 aromatic rings. The first-order valence-corrected chi connectivity index (χ1v) is 6.81. The first-order valence-electron chi connectivity index (χ1n) is 6.43. The Hall–Kier alpha value is -2.20. The van der Waals surface area contributed by atoms with Crippen LogP contribution in [0.1, 0.15) is 25.0 Å². The molecule has 1 fully saturated rings. The zero-order valence-corrected chi connectivity index (χ0v) is 11.8. The SMILES string of the molecule is N#Cc1c(OC2CC2)cc(Cl)c(F)c1-c1ccnn1C(F)F. The molecule has 0 spiro atoms. The van der Waals surface area contributed by atoms with Gasteiger partial charge < -0.3 is 4.74 Å². The fraction of sp³-hybridized carbons (Fsp3) is 0.286. The van der Waals surface area contributed by atoms with E-state index in [4.69, 9.17) is 16.3 Å². The van der Waals surface area contributed by atoms with E-state index in [1.54, 1.807) is 0 Å². The molecule has 4 nitrogen and oxygen atoms in total. The first kappa shape index (κ1) is 14.7. The van der Waals surface area contributed by atoms with E-state index in [2.05, 4.69) is 5.10 Å². The molecule has 0 atom stereocenters. The quantitative estimate of drug-likeness (QED) is 0.847. The van der Waals surface area contributed by atoms with Crippen LogP contribution in [0.3, 0.4) is 0 Å². The van der Waals surface area contributed by atoms with Crippen molar-refractivity contribution in [2.75, 3.05) is 0 Å². The number of benzene rings is 1. The van der Waals surface area contributed by atoms with Crippen LogP contribution in [-0.2, 0) is 0 Å². The second-order valence-electron chi connectivity index (χ2n) is 4.79. The summed E-state index contributed by atoms with van der Waals surface area (Å²) in [6.45, 7) is -2.97. The zero-order chi connectivity index (χ0) is 15.9. The Kier molecular flexibility index (Phi) is 3.71. The van der Waals surface area contributed by atoms with E-state index >= 15 is 0 Å². The number of halogens is 4. The highest BCUT2D eigenvalue weighted by atomic mass is 35.5. The summed E-state index contributed by atoms with van der Waals surface area (Å²) in [4.78, 5) is 0. The van der Waals surface area contributed by atoms with Crippen LogP contribution in [0.25, 0.3) is 11.3 Å². The minimum atomic E-state index is -2.97. The van der Waals surface area contributed by atoms with Gasteiger partial charge in [0, 0.05) is 12.3 Å². The predicted octanol–water partition coefficient (Wildman–Crippen LogP) is 4.15. The Morgan fingerprint density at radius 2 is 2.18 bits per heavy atom. The molecule has 1 aliphatic rings. The van der Waals surface area contributed by atoms with E-state index in [1.807, 2.05) is 6.07 Å². The predicted molar refractivity (Wildman–Crippen MR) is 72.2 cm³/mol. The van der Waals surface area contributed by atoms with Gasteiger partial charge in [-0.25, -0.2) is 9.07 Å². The topological polar surface area (TPSA) is 50.8 Å². The summed E-state index contributed by atoms with van der Waals surface area (Å²) in [5.41, 5.74) is -0.730. The molecule has 0 bridgehead atoms. The Bertz CT molecular complexity index is 765. The molecular weight excluding hydrogens is 319 g/mol. The second-order valence-corrected chi connectivity index (χ2v) is 5.20. The van der Waals surface area contributed by atoms with E-state index in [0.717, 1.165) is 19.0 Å². The molecule has 0 unspecified atom stereocenters. The largest absolute Gasteiger partial charge is 0.489 e. The van der Waals surface area contributed by atoms with Crippen LogP contribution in [0, 0.1) is 17.1 Å². The number of hydrogen-bond donors (Lipinski definition) is 0. The molecule has 0 amide bonds. The monoisotopic (exact) mass is 327 g/mol. The van der Waals surface area contributed by atoms with E-state index in [1.165, 1.54) is 12.1 Å². The highest BCUT2D eigenvalue weighted by Crippen LogP contribution is 2.40. The lowest BCUT2D eigenvalue weighted by atomic mass is 10.0. The Morgan fingerprint density at radius 3 is 2.77 bits per heavy atom. The van der Waals surface area contributed by atoms with Gasteiger partial charge in [0.05, 0.1) is 22.4 Å². The van der Waals surface area contributed by atoms with Gasteiger partial charge in [-0.3, -0.25) is 0 Å². The third kappa shape index (κ3) is 2.50. The minimum absolute atomic E-state index is 0.0542. The lowest BCUT2D eigenvalue weighted by Gasteiger charge is -2.14. The summed E-state index contributed by atoms with van der Waals surface area (Å²) in [5.74, 6) is -0.864. The third-order valence-corrected chi connectivity index (χ3v) is 3.50. The Labute approximate surface area is 128 Å². The molecule has 0 saturated heterocycles. The van der Waals surface area contributed by atoms with Crippen LogP contribution in [0.15, 0.2) is 18.3 Å². The second kappa shape index (κ2) is 5.54. The van der Waals surface area contributed by atoms with Crippen molar-refractivity contribution in [3.05, 3.63) is 34.7 Å². The van der Waals surface area contributed by atoms with Gasteiger partial charge in [0.25, 0.3) is 0 Å². The maximum Gasteiger partial charge on any atom is 0.333 e. The number of ether oxygens (including phenoxy) is 1. The average molecular weight is 328 g/mol. The van der Waals surface area contributed by atoms with Crippen molar-refractivity contribution >= 4 is 11.6 Å². The zero-order valence-electron chi connectivity index (χ0n) is 11.1. The van der Waals surface area contributed by atoms with Gasteiger partial charge in [-0.2, -0.15) is 19.1 Å². The van der Waals surface area contributed by atoms with E-state index in [-0.39, 0.29) is 33.7 Å². The summed E-state index contributed by atoms with van der Waals surface area (Å²) in [6.07, 6.45) is 2.69. The average Bonchev–Trinajstić information content (AvgIpc) is 3.15. The fourth-order valence-electron chi connectivity index (χ4n) is 2.08. The van der Waals surface area contributed by atoms with Crippen LogP contribution in [0.4, 0.5) is 13.2 Å². The number of nitriles is 1. The molecule has 0 aliphatic heterocycles. The van der Waals surface area contributed by atoms with Crippen LogP contribution in [0.2, 0.25) is 5.02 Å². The van der Waals surface area contributed by atoms with Crippen molar-refractivity contribution in [2.24, 2.45) is 0 Å². The molecule has 1 aliphatic carbocycles. The number of aromatic nitrogens is 2. The standard InChI is InChI=1S/C14H9ClF3N3O/c15-9-5-11(22-7-1-2-7)8(6-19)12(13(9)16)10-3-4-20-21(10)14(17)18/h3-5,7,14H,1-2H2. The highest BCUT2D eigenvalue weighted by molar-refractivity contribution is 6.31. The van der Waals surface area contributed by atoms with Crippen molar-refractivity contribution in [1.29, 1.82) is 5.26 Å². The van der Waals surface area contributed by atoms with Crippen LogP contribution in [-0.4, -0.2) is 15.9 Å². The summed E-state index contributed by atoms with van der Waals surface area (Å²) in [5, 5.41) is 12.5. The molecule has 1 aromatic carbocycles. The molecule has 8 heteroatoms. The number of rotatable bonds is 4. The van der Waals surface area contributed by atoms with Crippen LogP contribution < -0.4 is 4.74 Å². The summed E-state index contributed by atoms with van der Waals surface area (Å²) in [6, 6.07) is 4.20. The third-order valence-electron chi connectivity index (χ3n) is 3.22. The number of alkyl halides is 2. The van der Waals surface area contributed by atoms with Crippen molar-refractivity contribution in [3.63, 3.8) is 0 Å². The molecule has 1 aromatic heterocycles. The van der Waals surface area contributed by atoms with Gasteiger partial charge in [-0.05, 0) is 18.9 Å². The Balaban J connectivity index is 2.22. The smallest absolute Gasteiger partial charge is 0.333 e. The van der Waals surface area contributed by atoms with E-state index in [9.17, 15) is 18.4 Å². The van der Waals surface area contributed by atoms with Gasteiger partial charge >= 0.3 is 6.55 Å². The highest BCUT2D eigenvalue weighted by Gasteiger charge is 2.29. The minimum Gasteiger partial charge on any atom is -0.489 e. The molecule has 1 saturated carbocycles. The van der Waals surface area contributed by atoms with Crippen LogP contribution >= 0.6 is 11.6 Å². The maximum absolute atomic E-state index is 14.4. The van der Waals surface area contributed by atoms with Crippen LogP contribution in [0.5, 0.6) is 5.75 Å². The van der Waals surface area contributed by atoms with E-state index in [0.29, 0.717) is 4.68 Å². The van der Waals surface area contributed by atoms with Crippen molar-refractivity contribution in [3.8, 4) is 23.1 Å². The van der Waals surface area contributed by atoms with Gasteiger partial charge in [0.2, 0.25) is 0 Å². The van der Waals surface area contributed by atoms with Crippen molar-refractivity contribution in [1.82, 2.24) is 9.78 Å². The molecule has 3 rings (SSSR count). The summed E-state index contributed by atoms with van der Waals surface area (Å²) in [7, 11) is 0. The molecule has 22 heavy (non-hydrogen) atoms. The molecule has 1 heterocycles. The Morgan fingerprint density at radius 1 is 1.45 bits per heavy atom. The van der Waals surface area contributed by atoms with E-state index < -0.39 is 12.4 Å². The molecular formula is C14H9ClF3N3O. The number of nitrogens with zero attached hydrogens (tertiary/aromatic N) is 3. The van der Waals surface area contributed by atoms with Crippen molar-refractivity contribution in [2.45, 2.75) is 25.5 Å². The summed E-state index contributed by atoms with van der Waals surface area (Å²) >= 11 is 5.82. The number of hydrogen-bond acceptors (Lipinski definition) is 3. The van der Waals surface area contributed by atoms with Gasteiger partial charge in [-0.1, -0.05) is 11.6 Å². The maximum atomic E-state index is 14.4. The molecule has 0 N–H and O–H groups in total. The summed E-state index contributed by atoms with van der Waals surface area (Å²) < 4.78 is 46.2. The van der Waals surface area contributed by atoms with Crippen molar-refractivity contribution < 1.29 is 17.9 Å². The first-order chi connectivity index (χ1) is 10.5. The van der Waals surface area contributed by atoms with Gasteiger partial charge in [-0.15, -0.1) is 0 Å². The lowest BCUT2D eigenvalue weighted by molar-refractivity contribution is 0.0584. The lowest BCUT2D eigenvalue weighted by Crippen LogP contribution is -2.07. The fourth-order valence-corrected chi connectivity index (χ4v) is 2.27.